The van der Waals surface area contributed by atoms with Gasteiger partial charge in [0.1, 0.15) is 6.61 Å². The van der Waals surface area contributed by atoms with E-state index < -0.39 is 18.6 Å². The maximum Gasteiger partial charge on any atom is 0.245 e. The molecule has 1 aromatic heterocycles. The summed E-state index contributed by atoms with van der Waals surface area (Å²) in [4.78, 5) is 13.9. The van der Waals surface area contributed by atoms with Crippen molar-refractivity contribution in [3.05, 3.63) is 55.3 Å². The molecule has 190 valence electrons. The first-order chi connectivity index (χ1) is 16.6. The monoisotopic (exact) mass is 497 g/mol. The van der Waals surface area contributed by atoms with E-state index in [1.807, 2.05) is 11.3 Å². The number of carbonyl (C=O) groups is 1. The van der Waals surface area contributed by atoms with Gasteiger partial charge in [0.25, 0.3) is 0 Å². The lowest BCUT2D eigenvalue weighted by Gasteiger charge is -2.17. The Kier molecular flexibility index (Phi) is 9.39. The van der Waals surface area contributed by atoms with Crippen LogP contribution in [0.2, 0.25) is 0 Å². The smallest absolute Gasteiger partial charge is 0.245 e. The molecule has 0 unspecified atom stereocenters. The Morgan fingerprint density at radius 3 is 2.51 bits per heavy atom. The van der Waals surface area contributed by atoms with Crippen molar-refractivity contribution in [1.29, 1.82) is 0 Å². The van der Waals surface area contributed by atoms with Crippen molar-refractivity contribution in [2.24, 2.45) is 16.1 Å². The van der Waals surface area contributed by atoms with Gasteiger partial charge in [0.15, 0.2) is 0 Å². The van der Waals surface area contributed by atoms with Crippen molar-refractivity contribution < 1.29 is 15.0 Å². The molecule has 6 nitrogen and oxygen atoms in total. The van der Waals surface area contributed by atoms with E-state index in [4.69, 9.17) is 5.11 Å². The van der Waals surface area contributed by atoms with E-state index in [-0.39, 0.29) is 6.54 Å². The van der Waals surface area contributed by atoms with E-state index in [0.29, 0.717) is 12.3 Å². The number of amides is 1. The van der Waals surface area contributed by atoms with E-state index >= 15 is 0 Å². The number of carbonyl (C=O) groups excluding carboxylic acids is 1. The highest BCUT2D eigenvalue weighted by molar-refractivity contribution is 7.14. The predicted molar refractivity (Wildman–Crippen MR) is 145 cm³/mol. The molecule has 3 N–H and O–H groups in total. The number of aryl methyl sites for hydroxylation is 3. The molecular formula is C28H39N3O3S. The molecule has 0 saturated heterocycles. The topological polar surface area (TPSA) is 94.3 Å². The average molecular weight is 498 g/mol. The van der Waals surface area contributed by atoms with Crippen LogP contribution in [0, 0.1) is 26.7 Å². The number of nitrogens with one attached hydrogen (secondary N) is 1. The summed E-state index contributed by atoms with van der Waals surface area (Å²) in [5.74, 6) is 0.156. The van der Waals surface area contributed by atoms with Gasteiger partial charge in [0.2, 0.25) is 5.91 Å². The van der Waals surface area contributed by atoms with Gasteiger partial charge < -0.3 is 15.5 Å². The number of hydrogen-bond acceptors (Lipinski definition) is 6. The molecule has 1 amide bonds. The maximum atomic E-state index is 11.2. The van der Waals surface area contributed by atoms with Crippen molar-refractivity contribution in [3.63, 3.8) is 0 Å². The van der Waals surface area contributed by atoms with Crippen LogP contribution in [0.25, 0.3) is 0 Å². The largest absolute Gasteiger partial charge is 0.391 e. The van der Waals surface area contributed by atoms with Crippen LogP contribution >= 0.6 is 11.3 Å². The van der Waals surface area contributed by atoms with Gasteiger partial charge in [-0.15, -0.1) is 11.3 Å². The van der Waals surface area contributed by atoms with E-state index in [2.05, 4.69) is 69.2 Å². The number of aliphatic hydroxyl groups excluding tert-OH is 2. The molecule has 3 rings (SSSR count). The predicted octanol–water partition coefficient (Wildman–Crippen LogP) is 4.43. The lowest BCUT2D eigenvalue weighted by atomic mass is 9.90. The maximum absolute atomic E-state index is 11.2. The Bertz CT molecular complexity index is 1130. The normalized spacial score (nSPS) is 14.3. The van der Waals surface area contributed by atoms with Gasteiger partial charge in [-0.25, -0.2) is 0 Å². The SMILES string of the molecule is CCc1cc(C2=NN=C(c3sc(C)c(CC(C)C)c3C)C2)cc(C)c1CC[C@H](O)CNC(=O)CO. The third kappa shape index (κ3) is 6.66. The number of hydrogen-bond donors (Lipinski definition) is 3. The van der Waals surface area contributed by atoms with Gasteiger partial charge in [-0.2, -0.15) is 10.2 Å². The Hall–Kier alpha value is -2.35. The zero-order valence-corrected chi connectivity index (χ0v) is 22.7. The van der Waals surface area contributed by atoms with Crippen molar-refractivity contribution in [3.8, 4) is 0 Å². The van der Waals surface area contributed by atoms with Gasteiger partial charge in [0, 0.05) is 17.8 Å². The average Bonchev–Trinajstić information content (AvgIpc) is 3.41. The first-order valence-corrected chi connectivity index (χ1v) is 13.4. The molecule has 0 aliphatic carbocycles. The van der Waals surface area contributed by atoms with Crippen molar-refractivity contribution in [1.82, 2.24) is 5.32 Å². The molecule has 0 radical (unpaired) electrons. The van der Waals surface area contributed by atoms with Crippen molar-refractivity contribution >= 4 is 28.7 Å². The third-order valence-electron chi connectivity index (χ3n) is 6.66. The molecule has 0 fully saturated rings. The molecule has 1 aliphatic heterocycles. The summed E-state index contributed by atoms with van der Waals surface area (Å²) in [6, 6.07) is 4.40. The minimum absolute atomic E-state index is 0.148. The second-order valence-electron chi connectivity index (χ2n) is 9.90. The van der Waals surface area contributed by atoms with E-state index in [1.54, 1.807) is 0 Å². The lowest BCUT2D eigenvalue weighted by Crippen LogP contribution is -2.34. The molecule has 35 heavy (non-hydrogen) atoms. The second kappa shape index (κ2) is 12.1. The molecule has 2 heterocycles. The molecular weight excluding hydrogens is 458 g/mol. The van der Waals surface area contributed by atoms with Crippen LogP contribution in [-0.4, -0.2) is 46.8 Å². The van der Waals surface area contributed by atoms with Crippen LogP contribution in [0.5, 0.6) is 0 Å². The van der Waals surface area contributed by atoms with Crippen molar-refractivity contribution in [2.75, 3.05) is 13.2 Å². The number of nitrogens with zero attached hydrogens (tertiary/aromatic N) is 2. The van der Waals surface area contributed by atoms with Crippen LogP contribution in [0.1, 0.15) is 76.7 Å². The summed E-state index contributed by atoms with van der Waals surface area (Å²) in [5.41, 5.74) is 9.68. The molecule has 1 aromatic carbocycles. The van der Waals surface area contributed by atoms with Gasteiger partial charge in [-0.05, 0) is 97.9 Å². The Morgan fingerprint density at radius 2 is 1.86 bits per heavy atom. The highest BCUT2D eigenvalue weighted by Crippen LogP contribution is 2.33. The van der Waals surface area contributed by atoms with Crippen molar-refractivity contribution in [2.45, 2.75) is 79.8 Å². The summed E-state index contributed by atoms with van der Waals surface area (Å²) in [6.07, 6.45) is 3.35. The molecule has 1 aliphatic rings. The lowest BCUT2D eigenvalue weighted by molar-refractivity contribution is -0.124. The fourth-order valence-corrected chi connectivity index (χ4v) is 5.91. The fraction of sp³-hybridized carbons (Fsp3) is 0.536. The van der Waals surface area contributed by atoms with Crippen LogP contribution in [0.15, 0.2) is 22.3 Å². The molecule has 0 spiro atoms. The first kappa shape index (κ1) is 27.2. The summed E-state index contributed by atoms with van der Waals surface area (Å²) in [7, 11) is 0. The minimum Gasteiger partial charge on any atom is -0.391 e. The number of thiophene rings is 1. The standard InChI is InChI=1S/C28H39N3O3S/c1-7-20-12-21(11-17(4)23(20)9-8-22(33)14-29-27(34)15-32)25-13-26(31-30-25)28-18(5)24(10-16(2)3)19(6)35-28/h11-12,16,22,32-33H,7-10,13-15H2,1-6H3,(H,29,34)/t22-/m0/s1. The molecule has 7 heteroatoms. The number of benzene rings is 1. The Balaban J connectivity index is 1.71. The third-order valence-corrected chi connectivity index (χ3v) is 7.96. The number of rotatable bonds is 11. The Morgan fingerprint density at radius 1 is 1.14 bits per heavy atom. The summed E-state index contributed by atoms with van der Waals surface area (Å²) < 4.78 is 0. The highest BCUT2D eigenvalue weighted by atomic mass is 32.1. The quantitative estimate of drug-likeness (QED) is 0.429. The zero-order chi connectivity index (χ0) is 25.7. The van der Waals surface area contributed by atoms with Gasteiger partial charge >= 0.3 is 0 Å². The first-order valence-electron chi connectivity index (χ1n) is 12.6. The van der Waals surface area contributed by atoms with Gasteiger partial charge in [-0.3, -0.25) is 4.79 Å². The van der Waals surface area contributed by atoms with Crippen LogP contribution in [0.4, 0.5) is 0 Å². The molecule has 0 saturated carbocycles. The molecule has 0 bridgehead atoms. The van der Waals surface area contributed by atoms with Gasteiger partial charge in [-0.1, -0.05) is 20.8 Å². The minimum atomic E-state index is -0.650. The Labute approximate surface area is 213 Å². The van der Waals surface area contributed by atoms with E-state index in [0.717, 1.165) is 42.7 Å². The number of aliphatic hydroxyl groups is 2. The second-order valence-corrected chi connectivity index (χ2v) is 11.1. The van der Waals surface area contributed by atoms with E-state index in [1.165, 1.54) is 37.6 Å². The molecule has 2 aromatic rings. The van der Waals surface area contributed by atoms with E-state index in [9.17, 15) is 9.90 Å². The fourth-order valence-electron chi connectivity index (χ4n) is 4.74. The zero-order valence-electron chi connectivity index (χ0n) is 21.9. The summed E-state index contributed by atoms with van der Waals surface area (Å²) in [5, 5.41) is 30.7. The van der Waals surface area contributed by atoms with Gasteiger partial charge in [0.05, 0.1) is 22.4 Å². The summed E-state index contributed by atoms with van der Waals surface area (Å²) in [6.45, 7) is 12.8. The van der Waals surface area contributed by atoms with Crippen LogP contribution < -0.4 is 5.32 Å². The highest BCUT2D eigenvalue weighted by Gasteiger charge is 2.23. The van der Waals surface area contributed by atoms with Crippen LogP contribution in [-0.2, 0) is 24.1 Å². The van der Waals surface area contributed by atoms with Crippen LogP contribution in [0.3, 0.4) is 0 Å². The molecule has 1 atom stereocenters. The summed E-state index contributed by atoms with van der Waals surface area (Å²) >= 11 is 1.84.